The second kappa shape index (κ2) is 6.72. The number of anilines is 2. The van der Waals surface area contributed by atoms with Gasteiger partial charge in [0.2, 0.25) is 0 Å². The van der Waals surface area contributed by atoms with Crippen LogP contribution in [0.3, 0.4) is 0 Å². The molecule has 27 heavy (non-hydrogen) atoms. The Hall–Kier alpha value is -3.41. The summed E-state index contributed by atoms with van der Waals surface area (Å²) in [6.07, 6.45) is -0.351. The molecular formula is C21H22N5O+. The largest absolute Gasteiger partial charge is 0.357 e. The van der Waals surface area contributed by atoms with E-state index in [9.17, 15) is 4.79 Å². The van der Waals surface area contributed by atoms with Gasteiger partial charge in [-0.2, -0.15) is 0 Å². The minimum Gasteiger partial charge on any atom is -0.269 e. The van der Waals surface area contributed by atoms with E-state index in [0.29, 0.717) is 17.6 Å². The summed E-state index contributed by atoms with van der Waals surface area (Å²) in [5.74, 6) is 1.20. The van der Waals surface area contributed by atoms with Gasteiger partial charge in [-0.05, 0) is 32.9 Å². The Labute approximate surface area is 157 Å². The van der Waals surface area contributed by atoms with Crippen molar-refractivity contribution in [3.63, 3.8) is 0 Å². The molecule has 136 valence electrons. The van der Waals surface area contributed by atoms with Gasteiger partial charge in [0.05, 0.1) is 5.69 Å². The van der Waals surface area contributed by atoms with E-state index in [-0.39, 0.29) is 11.7 Å². The average Bonchev–Trinajstić information content (AvgIpc) is 2.63. The zero-order chi connectivity index (χ0) is 19.0. The monoisotopic (exact) mass is 360 g/mol. The van der Waals surface area contributed by atoms with E-state index in [1.54, 1.807) is 10.6 Å². The molecule has 3 aromatic rings. The quantitative estimate of drug-likeness (QED) is 0.650. The maximum atomic E-state index is 12.7. The maximum Gasteiger partial charge on any atom is 0.357 e. The molecule has 1 aliphatic heterocycles. The van der Waals surface area contributed by atoms with E-state index < -0.39 is 0 Å². The third-order valence-corrected chi connectivity index (χ3v) is 4.57. The molecule has 0 saturated carbocycles. The summed E-state index contributed by atoms with van der Waals surface area (Å²) in [6.45, 7) is 5.91. The lowest BCUT2D eigenvalue weighted by Gasteiger charge is -2.23. The molecular weight excluding hydrogens is 338 g/mol. The summed E-state index contributed by atoms with van der Waals surface area (Å²) < 4.78 is 1.64. The molecule has 2 heterocycles. The molecule has 0 spiro atoms. The van der Waals surface area contributed by atoms with Crippen LogP contribution in [0, 0.1) is 20.8 Å². The molecule has 0 bridgehead atoms. The number of aromatic nitrogens is 2. The Balaban J connectivity index is 1.78. The van der Waals surface area contributed by atoms with Crippen LogP contribution >= 0.6 is 0 Å². The lowest BCUT2D eigenvalue weighted by Crippen LogP contribution is -2.82. The number of benzene rings is 2. The molecule has 0 unspecified atom stereocenters. The Kier molecular flexibility index (Phi) is 4.24. The van der Waals surface area contributed by atoms with Crippen molar-refractivity contribution in [1.29, 1.82) is 0 Å². The molecule has 1 atom stereocenters. The summed E-state index contributed by atoms with van der Waals surface area (Å²) in [4.78, 5) is 20.6. The van der Waals surface area contributed by atoms with E-state index in [1.165, 1.54) is 11.1 Å². The molecule has 1 aliphatic rings. The van der Waals surface area contributed by atoms with Gasteiger partial charge in [0, 0.05) is 17.3 Å². The summed E-state index contributed by atoms with van der Waals surface area (Å²) in [7, 11) is 0. The summed E-state index contributed by atoms with van der Waals surface area (Å²) in [5, 5.41) is 6.54. The van der Waals surface area contributed by atoms with Crippen LogP contribution in [0.15, 0.2) is 59.4 Å². The highest BCUT2D eigenvalue weighted by Gasteiger charge is 2.29. The van der Waals surface area contributed by atoms with Crippen LogP contribution in [-0.2, 0) is 0 Å². The number of hydrogen-bond acceptors (Lipinski definition) is 4. The van der Waals surface area contributed by atoms with Crippen molar-refractivity contribution in [2.45, 2.75) is 26.9 Å². The van der Waals surface area contributed by atoms with Crippen molar-refractivity contribution in [2.75, 3.05) is 10.6 Å². The molecule has 0 fully saturated rings. The minimum atomic E-state index is -0.351. The van der Waals surface area contributed by atoms with Crippen LogP contribution in [0.25, 0.3) is 0 Å². The third-order valence-electron chi connectivity index (χ3n) is 4.57. The SMILES string of the molecule is Cc1ccc(NC2=[NH+][C@@H](c3ccc(C)cc3)n3c(nc(C)cc3=O)N2)cc1. The summed E-state index contributed by atoms with van der Waals surface area (Å²) >= 11 is 0. The van der Waals surface area contributed by atoms with Crippen molar-refractivity contribution < 1.29 is 4.99 Å². The van der Waals surface area contributed by atoms with E-state index in [0.717, 1.165) is 11.3 Å². The van der Waals surface area contributed by atoms with Crippen molar-refractivity contribution in [3.05, 3.63) is 87.3 Å². The Morgan fingerprint density at radius 2 is 1.63 bits per heavy atom. The normalized spacial score (nSPS) is 15.5. The fourth-order valence-corrected chi connectivity index (χ4v) is 3.12. The Morgan fingerprint density at radius 3 is 2.30 bits per heavy atom. The van der Waals surface area contributed by atoms with Crippen LogP contribution < -0.4 is 21.2 Å². The smallest absolute Gasteiger partial charge is 0.269 e. The predicted octanol–water partition coefficient (Wildman–Crippen LogP) is 1.69. The fraction of sp³-hybridized carbons (Fsp3) is 0.190. The summed E-state index contributed by atoms with van der Waals surface area (Å²) in [5.41, 5.74) is 4.88. The van der Waals surface area contributed by atoms with Gasteiger partial charge in [0.1, 0.15) is 0 Å². The van der Waals surface area contributed by atoms with Crippen LogP contribution in [0.4, 0.5) is 11.6 Å². The molecule has 0 aliphatic carbocycles. The van der Waals surface area contributed by atoms with Gasteiger partial charge in [-0.3, -0.25) is 9.79 Å². The second-order valence-corrected chi connectivity index (χ2v) is 6.88. The van der Waals surface area contributed by atoms with E-state index in [1.807, 2.05) is 62.4 Å². The molecule has 6 heteroatoms. The Bertz CT molecular complexity index is 1070. The fourth-order valence-electron chi connectivity index (χ4n) is 3.12. The first-order valence-corrected chi connectivity index (χ1v) is 8.90. The first kappa shape index (κ1) is 17.0. The highest BCUT2D eigenvalue weighted by atomic mass is 16.1. The minimum absolute atomic E-state index is 0.0996. The Morgan fingerprint density at radius 1 is 1.00 bits per heavy atom. The van der Waals surface area contributed by atoms with Crippen molar-refractivity contribution >= 4 is 17.6 Å². The van der Waals surface area contributed by atoms with Gasteiger partial charge in [-0.1, -0.05) is 47.5 Å². The molecule has 0 radical (unpaired) electrons. The van der Waals surface area contributed by atoms with Crippen molar-refractivity contribution in [3.8, 4) is 0 Å². The molecule has 3 N–H and O–H groups in total. The number of fused-ring (bicyclic) bond motifs is 1. The van der Waals surface area contributed by atoms with Gasteiger partial charge in [-0.15, -0.1) is 0 Å². The van der Waals surface area contributed by atoms with Gasteiger partial charge in [-0.25, -0.2) is 20.2 Å². The van der Waals surface area contributed by atoms with Crippen molar-refractivity contribution in [2.24, 2.45) is 0 Å². The maximum absolute atomic E-state index is 12.7. The first-order chi connectivity index (χ1) is 13.0. The topological polar surface area (TPSA) is 72.9 Å². The lowest BCUT2D eigenvalue weighted by molar-refractivity contribution is -0.520. The molecule has 2 aromatic carbocycles. The standard InChI is InChI=1S/C21H21N5O/c1-13-4-8-16(9-5-13)19-24-20(23-17-10-6-14(2)7-11-17)25-21-22-15(3)12-18(27)26(19)21/h4-12,19H,1-3H3,(H2,22,23,24,25)/p+1/t19-/m1/s1. The number of nitrogens with zero attached hydrogens (tertiary/aromatic N) is 2. The third kappa shape index (κ3) is 3.46. The van der Waals surface area contributed by atoms with E-state index in [4.69, 9.17) is 0 Å². The lowest BCUT2D eigenvalue weighted by atomic mass is 10.1. The number of rotatable bonds is 2. The zero-order valence-corrected chi connectivity index (χ0v) is 15.6. The van der Waals surface area contributed by atoms with Crippen LogP contribution in [-0.4, -0.2) is 15.5 Å². The molecule has 1 aromatic heterocycles. The van der Waals surface area contributed by atoms with Gasteiger partial charge in [0.15, 0.2) is 6.17 Å². The first-order valence-electron chi connectivity index (χ1n) is 8.90. The number of hydrogen-bond donors (Lipinski definition) is 3. The van der Waals surface area contributed by atoms with E-state index in [2.05, 4.69) is 27.5 Å². The van der Waals surface area contributed by atoms with Gasteiger partial charge in [0.25, 0.3) is 11.5 Å². The molecule has 0 amide bonds. The molecule has 6 nitrogen and oxygen atoms in total. The van der Waals surface area contributed by atoms with Gasteiger partial charge >= 0.3 is 5.96 Å². The molecule has 4 rings (SSSR count). The van der Waals surface area contributed by atoms with Crippen molar-refractivity contribution in [1.82, 2.24) is 9.55 Å². The molecule has 0 saturated heterocycles. The van der Waals surface area contributed by atoms with Gasteiger partial charge < -0.3 is 0 Å². The highest BCUT2D eigenvalue weighted by Crippen LogP contribution is 2.17. The average molecular weight is 360 g/mol. The summed E-state index contributed by atoms with van der Waals surface area (Å²) in [6, 6.07) is 17.8. The number of guanidine groups is 1. The number of nitrogens with one attached hydrogen (secondary N) is 3. The predicted molar refractivity (Wildman–Crippen MR) is 107 cm³/mol. The van der Waals surface area contributed by atoms with Crippen LogP contribution in [0.5, 0.6) is 0 Å². The van der Waals surface area contributed by atoms with E-state index >= 15 is 0 Å². The van der Waals surface area contributed by atoms with Crippen LogP contribution in [0.1, 0.15) is 28.6 Å². The van der Waals surface area contributed by atoms with Crippen LogP contribution in [0.2, 0.25) is 0 Å². The number of aryl methyl sites for hydroxylation is 3. The zero-order valence-electron chi connectivity index (χ0n) is 15.6. The highest BCUT2D eigenvalue weighted by molar-refractivity contribution is 5.99. The second-order valence-electron chi connectivity index (χ2n) is 6.88.